The van der Waals surface area contributed by atoms with Gasteiger partial charge in [-0.1, -0.05) is 12.1 Å². The van der Waals surface area contributed by atoms with Gasteiger partial charge >= 0.3 is 11.8 Å². The number of hydrogen-bond donors (Lipinski definition) is 2. The second kappa shape index (κ2) is 7.00. The van der Waals surface area contributed by atoms with Gasteiger partial charge in [-0.25, -0.2) is 0 Å². The molecular weight excluding hydrogens is 284 g/mol. The molecule has 1 heterocycles. The third-order valence-electron chi connectivity index (χ3n) is 2.64. The van der Waals surface area contributed by atoms with E-state index in [0.29, 0.717) is 18.1 Å². The molecule has 2 amide bonds. The molecule has 1 aliphatic rings. The highest BCUT2D eigenvalue weighted by Crippen LogP contribution is 2.30. The molecular formula is C13H15ClN2O4. The third-order valence-corrected chi connectivity index (χ3v) is 2.83. The van der Waals surface area contributed by atoms with Crippen molar-refractivity contribution in [2.45, 2.75) is 6.10 Å². The fourth-order valence-corrected chi connectivity index (χ4v) is 1.79. The van der Waals surface area contributed by atoms with Crippen molar-refractivity contribution in [2.24, 2.45) is 0 Å². The van der Waals surface area contributed by atoms with Crippen LogP contribution in [0.3, 0.4) is 0 Å². The highest BCUT2D eigenvalue weighted by Gasteiger charge is 2.22. The van der Waals surface area contributed by atoms with Crippen LogP contribution in [0.25, 0.3) is 0 Å². The van der Waals surface area contributed by atoms with E-state index in [-0.39, 0.29) is 25.1 Å². The summed E-state index contributed by atoms with van der Waals surface area (Å²) in [6.45, 7) is 0.770. The number of rotatable bonds is 4. The quantitative estimate of drug-likeness (QED) is 0.619. The van der Waals surface area contributed by atoms with Crippen molar-refractivity contribution in [2.75, 3.05) is 25.6 Å². The minimum absolute atomic E-state index is 0.196. The van der Waals surface area contributed by atoms with Gasteiger partial charge in [-0.2, -0.15) is 0 Å². The number of amides is 2. The number of carbonyl (C=O) groups is 2. The van der Waals surface area contributed by atoms with Gasteiger partial charge in [-0.15, -0.1) is 11.6 Å². The van der Waals surface area contributed by atoms with E-state index in [1.807, 2.05) is 18.2 Å². The first-order valence-corrected chi connectivity index (χ1v) is 6.74. The first-order chi connectivity index (χ1) is 9.70. The number of nitrogens with one attached hydrogen (secondary N) is 2. The molecule has 2 N–H and O–H groups in total. The normalized spacial score (nSPS) is 16.4. The summed E-state index contributed by atoms with van der Waals surface area (Å²) in [5, 5.41) is 4.87. The summed E-state index contributed by atoms with van der Waals surface area (Å²) in [6.07, 6.45) is -0.324. The minimum Gasteiger partial charge on any atom is -0.486 e. The Morgan fingerprint density at radius 1 is 1.20 bits per heavy atom. The predicted molar refractivity (Wildman–Crippen MR) is 73.1 cm³/mol. The average molecular weight is 299 g/mol. The van der Waals surface area contributed by atoms with Gasteiger partial charge in [-0.3, -0.25) is 9.59 Å². The van der Waals surface area contributed by atoms with Crippen molar-refractivity contribution in [1.29, 1.82) is 0 Å². The van der Waals surface area contributed by atoms with Crippen molar-refractivity contribution in [1.82, 2.24) is 10.6 Å². The molecule has 108 valence electrons. The maximum absolute atomic E-state index is 11.5. The second-order valence-corrected chi connectivity index (χ2v) is 4.53. The predicted octanol–water partition coefficient (Wildman–Crippen LogP) is 0.298. The van der Waals surface area contributed by atoms with E-state index in [9.17, 15) is 9.59 Å². The van der Waals surface area contributed by atoms with Crippen molar-refractivity contribution >= 4 is 23.4 Å². The van der Waals surface area contributed by atoms with Crippen molar-refractivity contribution in [3.63, 3.8) is 0 Å². The monoisotopic (exact) mass is 298 g/mol. The Hall–Kier alpha value is -1.95. The summed E-state index contributed by atoms with van der Waals surface area (Å²) < 4.78 is 11.2. The fourth-order valence-electron chi connectivity index (χ4n) is 1.69. The first-order valence-electron chi connectivity index (χ1n) is 6.21. The molecule has 0 bridgehead atoms. The lowest BCUT2D eigenvalue weighted by molar-refractivity contribution is -0.139. The summed E-state index contributed by atoms with van der Waals surface area (Å²) in [5.41, 5.74) is 0. The lowest BCUT2D eigenvalue weighted by atomic mass is 10.2. The van der Waals surface area contributed by atoms with Crippen LogP contribution in [0.4, 0.5) is 0 Å². The molecule has 7 heteroatoms. The van der Waals surface area contributed by atoms with Crippen LogP contribution >= 0.6 is 11.6 Å². The van der Waals surface area contributed by atoms with E-state index in [0.717, 1.165) is 0 Å². The van der Waals surface area contributed by atoms with E-state index in [2.05, 4.69) is 10.6 Å². The topological polar surface area (TPSA) is 76.7 Å². The zero-order chi connectivity index (χ0) is 14.4. The molecule has 1 unspecified atom stereocenters. The van der Waals surface area contributed by atoms with Crippen LogP contribution in [-0.4, -0.2) is 43.5 Å². The van der Waals surface area contributed by atoms with Gasteiger partial charge in [-0.05, 0) is 12.1 Å². The molecule has 6 nitrogen and oxygen atoms in total. The summed E-state index contributed by atoms with van der Waals surface area (Å²) >= 11 is 5.41. The molecule has 1 aliphatic heterocycles. The number of benzene rings is 1. The zero-order valence-electron chi connectivity index (χ0n) is 10.7. The van der Waals surface area contributed by atoms with Crippen LogP contribution in [0.1, 0.15) is 0 Å². The standard InChI is InChI=1S/C13H15ClN2O4/c14-5-6-15-12(17)13(18)16-7-9-8-19-10-3-1-2-4-11(10)20-9/h1-4,9H,5-8H2,(H,15,17)(H,16,18). The molecule has 1 aromatic carbocycles. The van der Waals surface area contributed by atoms with Gasteiger partial charge in [0, 0.05) is 12.4 Å². The lowest BCUT2D eigenvalue weighted by Gasteiger charge is -2.26. The van der Waals surface area contributed by atoms with Crippen LogP contribution in [0.5, 0.6) is 11.5 Å². The lowest BCUT2D eigenvalue weighted by Crippen LogP contribution is -2.46. The third kappa shape index (κ3) is 3.77. The molecule has 1 atom stereocenters. The number of halogens is 1. The maximum Gasteiger partial charge on any atom is 0.309 e. The summed E-state index contributed by atoms with van der Waals surface area (Å²) in [5.74, 6) is 0.148. The molecule has 0 aliphatic carbocycles. The molecule has 2 rings (SSSR count). The fraction of sp³-hybridized carbons (Fsp3) is 0.385. The Morgan fingerprint density at radius 2 is 1.90 bits per heavy atom. The van der Waals surface area contributed by atoms with Crippen molar-refractivity contribution in [3.8, 4) is 11.5 Å². The van der Waals surface area contributed by atoms with Gasteiger partial charge < -0.3 is 20.1 Å². The Morgan fingerprint density at radius 3 is 2.65 bits per heavy atom. The van der Waals surface area contributed by atoms with E-state index in [1.165, 1.54) is 0 Å². The molecule has 0 spiro atoms. The van der Waals surface area contributed by atoms with Crippen LogP contribution in [0.15, 0.2) is 24.3 Å². The van der Waals surface area contributed by atoms with Gasteiger partial charge in [0.1, 0.15) is 12.7 Å². The van der Waals surface area contributed by atoms with E-state index >= 15 is 0 Å². The Balaban J connectivity index is 1.78. The van der Waals surface area contributed by atoms with Crippen LogP contribution in [0, 0.1) is 0 Å². The van der Waals surface area contributed by atoms with E-state index in [4.69, 9.17) is 21.1 Å². The molecule has 0 saturated heterocycles. The number of hydrogen-bond acceptors (Lipinski definition) is 4. The number of para-hydroxylation sites is 2. The number of ether oxygens (including phenoxy) is 2. The van der Waals surface area contributed by atoms with E-state index in [1.54, 1.807) is 6.07 Å². The first kappa shape index (κ1) is 14.5. The highest BCUT2D eigenvalue weighted by molar-refractivity contribution is 6.35. The largest absolute Gasteiger partial charge is 0.486 e. The SMILES string of the molecule is O=C(NCCCl)C(=O)NCC1COc2ccccc2O1. The molecule has 1 aromatic rings. The Kier molecular flexibility index (Phi) is 5.06. The highest BCUT2D eigenvalue weighted by atomic mass is 35.5. The molecule has 0 fully saturated rings. The summed E-state index contributed by atoms with van der Waals surface area (Å²) in [4.78, 5) is 22.8. The molecule has 20 heavy (non-hydrogen) atoms. The van der Waals surface area contributed by atoms with Crippen LogP contribution in [0.2, 0.25) is 0 Å². The van der Waals surface area contributed by atoms with Gasteiger partial charge in [0.05, 0.1) is 6.54 Å². The van der Waals surface area contributed by atoms with Crippen LogP contribution < -0.4 is 20.1 Å². The Bertz CT molecular complexity index is 495. The van der Waals surface area contributed by atoms with Crippen molar-refractivity contribution < 1.29 is 19.1 Å². The smallest absolute Gasteiger partial charge is 0.309 e. The number of fused-ring (bicyclic) bond motifs is 1. The summed E-state index contributed by atoms with van der Waals surface area (Å²) in [7, 11) is 0. The van der Waals surface area contributed by atoms with Gasteiger partial charge in [0.2, 0.25) is 0 Å². The molecule has 0 aromatic heterocycles. The molecule has 0 radical (unpaired) electrons. The number of alkyl halides is 1. The minimum atomic E-state index is -0.711. The Labute approximate surface area is 121 Å². The van der Waals surface area contributed by atoms with Crippen LogP contribution in [-0.2, 0) is 9.59 Å². The second-order valence-electron chi connectivity index (χ2n) is 4.15. The summed E-state index contributed by atoms with van der Waals surface area (Å²) in [6, 6.07) is 7.29. The van der Waals surface area contributed by atoms with Gasteiger partial charge in [0.15, 0.2) is 11.5 Å². The number of carbonyl (C=O) groups excluding carboxylic acids is 2. The maximum atomic E-state index is 11.5. The van der Waals surface area contributed by atoms with E-state index < -0.39 is 11.8 Å². The van der Waals surface area contributed by atoms with Gasteiger partial charge in [0.25, 0.3) is 0 Å². The molecule has 0 saturated carbocycles. The average Bonchev–Trinajstić information content (AvgIpc) is 2.50. The zero-order valence-corrected chi connectivity index (χ0v) is 11.5. The van der Waals surface area contributed by atoms with Crippen molar-refractivity contribution in [3.05, 3.63) is 24.3 Å².